The Bertz CT molecular complexity index is 554. The van der Waals surface area contributed by atoms with Crippen molar-refractivity contribution in [1.82, 2.24) is 4.90 Å². The molecule has 1 amide bonds. The van der Waals surface area contributed by atoms with E-state index < -0.39 is 17.8 Å². The minimum absolute atomic E-state index is 0. The fraction of sp³-hybridized carbons (Fsp3) is 0.611. The molecule has 142 valence electrons. The molecule has 0 aromatic heterocycles. The highest BCUT2D eigenvalue weighted by molar-refractivity contribution is 5.85. The van der Waals surface area contributed by atoms with Gasteiger partial charge >= 0.3 is 6.18 Å². The molecule has 2 unspecified atom stereocenters. The molecular formula is C18H26ClF3N2O. The van der Waals surface area contributed by atoms with Crippen LogP contribution in [0.5, 0.6) is 0 Å². The second-order valence-electron chi connectivity index (χ2n) is 6.63. The van der Waals surface area contributed by atoms with Crippen molar-refractivity contribution in [3.8, 4) is 0 Å². The van der Waals surface area contributed by atoms with Crippen LogP contribution in [0.4, 0.5) is 13.2 Å². The van der Waals surface area contributed by atoms with Gasteiger partial charge in [0.25, 0.3) is 0 Å². The van der Waals surface area contributed by atoms with Crippen LogP contribution in [0.2, 0.25) is 0 Å². The SMILES string of the molecule is CCC(C)C(N)C(=O)N1CCC(c2ccc(C(F)(F)F)cc2)CC1.Cl. The number of hydrogen-bond donors (Lipinski definition) is 1. The lowest BCUT2D eigenvalue weighted by molar-refractivity contribution is -0.137. The summed E-state index contributed by atoms with van der Waals surface area (Å²) in [4.78, 5) is 14.2. The molecule has 2 rings (SSSR count). The molecular weight excluding hydrogens is 353 g/mol. The van der Waals surface area contributed by atoms with Crippen molar-refractivity contribution in [2.24, 2.45) is 11.7 Å². The van der Waals surface area contributed by atoms with Crippen molar-refractivity contribution in [2.45, 2.75) is 51.2 Å². The Balaban J connectivity index is 0.00000312. The summed E-state index contributed by atoms with van der Waals surface area (Å²) in [6.45, 7) is 5.19. The van der Waals surface area contributed by atoms with Gasteiger partial charge in [-0.2, -0.15) is 13.2 Å². The van der Waals surface area contributed by atoms with E-state index in [0.29, 0.717) is 13.1 Å². The van der Waals surface area contributed by atoms with Crippen molar-refractivity contribution in [2.75, 3.05) is 13.1 Å². The minimum atomic E-state index is -4.31. The molecule has 7 heteroatoms. The van der Waals surface area contributed by atoms with Gasteiger partial charge in [0.05, 0.1) is 11.6 Å². The number of carbonyl (C=O) groups excluding carboxylic acids is 1. The molecule has 0 saturated carbocycles. The van der Waals surface area contributed by atoms with Crippen LogP contribution in [0.15, 0.2) is 24.3 Å². The second kappa shape index (κ2) is 8.90. The molecule has 1 aliphatic rings. The second-order valence-corrected chi connectivity index (χ2v) is 6.63. The molecule has 2 atom stereocenters. The number of rotatable bonds is 4. The monoisotopic (exact) mass is 378 g/mol. The molecule has 1 aliphatic heterocycles. The number of benzene rings is 1. The Kier molecular flexibility index (Phi) is 7.75. The molecule has 0 radical (unpaired) electrons. The van der Waals surface area contributed by atoms with Crippen LogP contribution in [0, 0.1) is 5.92 Å². The number of carbonyl (C=O) groups is 1. The summed E-state index contributed by atoms with van der Waals surface area (Å²) < 4.78 is 37.8. The van der Waals surface area contributed by atoms with Crippen molar-refractivity contribution < 1.29 is 18.0 Å². The lowest BCUT2D eigenvalue weighted by Crippen LogP contribution is -2.49. The number of nitrogens with two attached hydrogens (primary N) is 1. The molecule has 1 aromatic rings. The average molecular weight is 379 g/mol. The number of nitrogens with zero attached hydrogens (tertiary/aromatic N) is 1. The van der Waals surface area contributed by atoms with Gasteiger partial charge in [-0.3, -0.25) is 4.79 Å². The molecule has 3 nitrogen and oxygen atoms in total. The van der Waals surface area contributed by atoms with Crippen molar-refractivity contribution >= 4 is 18.3 Å². The average Bonchev–Trinajstić information content (AvgIpc) is 2.59. The zero-order valence-corrected chi connectivity index (χ0v) is 15.4. The molecule has 0 spiro atoms. The lowest BCUT2D eigenvalue weighted by atomic mass is 9.88. The van der Waals surface area contributed by atoms with Crippen LogP contribution in [0.25, 0.3) is 0 Å². The van der Waals surface area contributed by atoms with Gasteiger partial charge in [0.15, 0.2) is 0 Å². The van der Waals surface area contributed by atoms with Gasteiger partial charge in [0.1, 0.15) is 0 Å². The molecule has 0 aliphatic carbocycles. The maximum atomic E-state index is 12.6. The number of hydrogen-bond acceptors (Lipinski definition) is 2. The third-order valence-electron chi connectivity index (χ3n) is 5.06. The molecule has 0 bridgehead atoms. The highest BCUT2D eigenvalue weighted by Crippen LogP contribution is 2.33. The zero-order chi connectivity index (χ0) is 17.9. The summed E-state index contributed by atoms with van der Waals surface area (Å²) in [6.07, 6.45) is -1.94. The van der Waals surface area contributed by atoms with Crippen molar-refractivity contribution in [1.29, 1.82) is 0 Å². The zero-order valence-electron chi connectivity index (χ0n) is 14.6. The number of likely N-dealkylation sites (tertiary alicyclic amines) is 1. The van der Waals surface area contributed by atoms with E-state index in [1.807, 2.05) is 13.8 Å². The van der Waals surface area contributed by atoms with Crippen molar-refractivity contribution in [3.05, 3.63) is 35.4 Å². The Hall–Kier alpha value is -1.27. The van der Waals surface area contributed by atoms with E-state index in [4.69, 9.17) is 5.73 Å². The summed E-state index contributed by atoms with van der Waals surface area (Å²) in [6, 6.07) is 4.89. The fourth-order valence-corrected chi connectivity index (χ4v) is 3.09. The fourth-order valence-electron chi connectivity index (χ4n) is 3.09. The van der Waals surface area contributed by atoms with Crippen molar-refractivity contribution in [3.63, 3.8) is 0 Å². The maximum Gasteiger partial charge on any atom is 0.416 e. The van der Waals surface area contributed by atoms with E-state index in [0.717, 1.165) is 37.0 Å². The summed E-state index contributed by atoms with van der Waals surface area (Å²) in [7, 11) is 0. The number of amides is 1. The van der Waals surface area contributed by atoms with Crippen LogP contribution < -0.4 is 5.73 Å². The molecule has 1 saturated heterocycles. The van der Waals surface area contributed by atoms with E-state index >= 15 is 0 Å². The number of piperidine rings is 1. The third kappa shape index (κ3) is 5.35. The first-order valence-electron chi connectivity index (χ1n) is 8.45. The lowest BCUT2D eigenvalue weighted by Gasteiger charge is -2.34. The summed E-state index contributed by atoms with van der Waals surface area (Å²) >= 11 is 0. The van der Waals surface area contributed by atoms with Gasteiger partial charge in [-0.1, -0.05) is 32.4 Å². The largest absolute Gasteiger partial charge is 0.416 e. The normalized spacial score (nSPS) is 18.4. The third-order valence-corrected chi connectivity index (χ3v) is 5.06. The van der Waals surface area contributed by atoms with Crippen LogP contribution in [0.3, 0.4) is 0 Å². The first-order valence-corrected chi connectivity index (χ1v) is 8.45. The van der Waals surface area contributed by atoms with E-state index in [-0.39, 0.29) is 30.2 Å². The minimum Gasteiger partial charge on any atom is -0.341 e. The van der Waals surface area contributed by atoms with Gasteiger partial charge in [-0.15, -0.1) is 12.4 Å². The van der Waals surface area contributed by atoms with E-state index in [1.54, 1.807) is 17.0 Å². The van der Waals surface area contributed by atoms with Gasteiger partial charge in [0.2, 0.25) is 5.91 Å². The van der Waals surface area contributed by atoms with E-state index in [1.165, 1.54) is 0 Å². The molecule has 1 fully saturated rings. The summed E-state index contributed by atoms with van der Waals surface area (Å²) in [5.74, 6) is 0.316. The van der Waals surface area contributed by atoms with Gasteiger partial charge in [-0.05, 0) is 42.4 Å². The van der Waals surface area contributed by atoms with E-state index in [2.05, 4.69) is 0 Å². The smallest absolute Gasteiger partial charge is 0.341 e. The number of halogens is 4. The predicted molar refractivity (Wildman–Crippen MR) is 94.7 cm³/mol. The maximum absolute atomic E-state index is 12.6. The van der Waals surface area contributed by atoms with Gasteiger partial charge in [-0.25, -0.2) is 0 Å². The standard InChI is InChI=1S/C18H25F3N2O.ClH/c1-3-12(2)16(22)17(24)23-10-8-14(9-11-23)13-4-6-15(7-5-13)18(19,20)21;/h4-7,12,14,16H,3,8-11,22H2,1-2H3;1H. The molecule has 1 aromatic carbocycles. The van der Waals surface area contributed by atoms with Crippen LogP contribution in [0.1, 0.15) is 50.2 Å². The predicted octanol–water partition coefficient (Wildman–Crippen LogP) is 4.21. The van der Waals surface area contributed by atoms with Gasteiger partial charge < -0.3 is 10.6 Å². The number of alkyl halides is 3. The quantitative estimate of drug-likeness (QED) is 0.853. The topological polar surface area (TPSA) is 46.3 Å². The Morgan fingerprint density at radius 1 is 1.24 bits per heavy atom. The summed E-state index contributed by atoms with van der Waals surface area (Å²) in [5.41, 5.74) is 6.29. The highest BCUT2D eigenvalue weighted by atomic mass is 35.5. The van der Waals surface area contributed by atoms with Gasteiger partial charge in [0, 0.05) is 13.1 Å². The van der Waals surface area contributed by atoms with Crippen LogP contribution in [-0.4, -0.2) is 29.9 Å². The molecule has 25 heavy (non-hydrogen) atoms. The van der Waals surface area contributed by atoms with E-state index in [9.17, 15) is 18.0 Å². The Morgan fingerprint density at radius 3 is 2.20 bits per heavy atom. The Morgan fingerprint density at radius 2 is 1.76 bits per heavy atom. The van der Waals surface area contributed by atoms with Crippen LogP contribution >= 0.6 is 12.4 Å². The summed E-state index contributed by atoms with van der Waals surface area (Å²) in [5, 5.41) is 0. The highest BCUT2D eigenvalue weighted by Gasteiger charge is 2.31. The first-order chi connectivity index (χ1) is 11.2. The molecule has 2 N–H and O–H groups in total. The first kappa shape index (κ1) is 21.8. The Labute approximate surface area is 153 Å². The molecule has 1 heterocycles. The van der Waals surface area contributed by atoms with Crippen LogP contribution in [-0.2, 0) is 11.0 Å².